The van der Waals surface area contributed by atoms with E-state index >= 15 is 0 Å². The summed E-state index contributed by atoms with van der Waals surface area (Å²) in [5, 5.41) is 10.9. The Balaban J connectivity index is 1.32. The largest absolute Gasteiger partial charge is 0.348 e. The van der Waals surface area contributed by atoms with Gasteiger partial charge < -0.3 is 14.7 Å². The van der Waals surface area contributed by atoms with Crippen LogP contribution in [0.2, 0.25) is 0 Å². The second-order valence-corrected chi connectivity index (χ2v) is 8.39. The zero-order valence-corrected chi connectivity index (χ0v) is 18.5. The van der Waals surface area contributed by atoms with Crippen molar-refractivity contribution in [2.24, 2.45) is 5.92 Å². The first kappa shape index (κ1) is 22.8. The van der Waals surface area contributed by atoms with E-state index in [0.717, 1.165) is 32.0 Å². The molecule has 0 unspecified atom stereocenters. The van der Waals surface area contributed by atoms with Crippen LogP contribution in [0.3, 0.4) is 0 Å². The summed E-state index contributed by atoms with van der Waals surface area (Å²) in [6.45, 7) is 5.89. The molecule has 33 heavy (non-hydrogen) atoms. The molecule has 4 rings (SSSR count). The van der Waals surface area contributed by atoms with E-state index in [1.165, 1.54) is 35.7 Å². The van der Waals surface area contributed by atoms with Crippen molar-refractivity contribution in [1.82, 2.24) is 30.1 Å². The van der Waals surface area contributed by atoms with Gasteiger partial charge in [-0.15, -0.1) is 0 Å². The molecule has 3 aromatic rings. The summed E-state index contributed by atoms with van der Waals surface area (Å²) >= 11 is 0. The van der Waals surface area contributed by atoms with Crippen molar-refractivity contribution in [3.63, 3.8) is 0 Å². The molecule has 10 heteroatoms. The number of amides is 1. The summed E-state index contributed by atoms with van der Waals surface area (Å²) in [6.07, 6.45) is 3.35. The van der Waals surface area contributed by atoms with Crippen molar-refractivity contribution in [2.45, 2.75) is 32.7 Å². The van der Waals surface area contributed by atoms with Crippen LogP contribution in [0.1, 0.15) is 42.7 Å². The Bertz CT molecular complexity index is 1140. The Kier molecular flexibility index (Phi) is 7.23. The molecule has 174 valence electrons. The molecular formula is C23H27FN6O3. The number of aromatic nitrogens is 4. The van der Waals surface area contributed by atoms with Crippen molar-refractivity contribution in [1.29, 1.82) is 0 Å². The topological polar surface area (TPSA) is 106 Å². The van der Waals surface area contributed by atoms with Crippen molar-refractivity contribution < 1.29 is 13.7 Å². The third-order valence-electron chi connectivity index (χ3n) is 5.64. The third kappa shape index (κ3) is 6.10. The van der Waals surface area contributed by atoms with E-state index in [9.17, 15) is 14.0 Å². The highest BCUT2D eigenvalue weighted by atomic mass is 19.1. The summed E-state index contributed by atoms with van der Waals surface area (Å²) in [5.41, 5.74) is 0.806. The van der Waals surface area contributed by atoms with Gasteiger partial charge >= 0.3 is 11.8 Å². The van der Waals surface area contributed by atoms with Gasteiger partial charge in [0, 0.05) is 24.7 Å². The minimum atomic E-state index is -0.443. The van der Waals surface area contributed by atoms with E-state index in [2.05, 4.69) is 32.4 Å². The number of rotatable bonds is 8. The average Bonchev–Trinajstić information content (AvgIpc) is 3.27. The first-order valence-corrected chi connectivity index (χ1v) is 11.1. The van der Waals surface area contributed by atoms with Crippen LogP contribution < -0.4 is 10.9 Å². The van der Waals surface area contributed by atoms with Gasteiger partial charge in [0.15, 0.2) is 5.82 Å². The number of piperidine rings is 1. The molecule has 0 saturated carbocycles. The second kappa shape index (κ2) is 10.5. The number of hydrogen-bond donors (Lipinski definition) is 1. The maximum Gasteiger partial charge on any atom is 0.316 e. The van der Waals surface area contributed by atoms with Gasteiger partial charge in [0.2, 0.25) is 0 Å². The molecule has 1 fully saturated rings. The number of nitrogens with one attached hydrogen (secondary N) is 1. The normalized spacial score (nSPS) is 16.6. The number of benzene rings is 1. The van der Waals surface area contributed by atoms with Crippen LogP contribution in [0.5, 0.6) is 0 Å². The van der Waals surface area contributed by atoms with Gasteiger partial charge in [0.1, 0.15) is 12.4 Å². The van der Waals surface area contributed by atoms with Crippen LogP contribution in [0.25, 0.3) is 11.3 Å². The summed E-state index contributed by atoms with van der Waals surface area (Å²) in [5.74, 6) is -0.0666. The smallest absolute Gasteiger partial charge is 0.316 e. The van der Waals surface area contributed by atoms with E-state index in [-0.39, 0.29) is 29.6 Å². The number of halogens is 1. The molecule has 1 aromatic carbocycles. The van der Waals surface area contributed by atoms with Crippen LogP contribution in [-0.4, -0.2) is 56.9 Å². The lowest BCUT2D eigenvalue weighted by Gasteiger charge is -2.30. The summed E-state index contributed by atoms with van der Waals surface area (Å²) in [4.78, 5) is 31.0. The number of carbonyl (C=O) groups excluding carboxylic acids is 1. The predicted molar refractivity (Wildman–Crippen MR) is 119 cm³/mol. The van der Waals surface area contributed by atoms with Crippen molar-refractivity contribution in [2.75, 3.05) is 26.2 Å². The fourth-order valence-electron chi connectivity index (χ4n) is 3.95. The van der Waals surface area contributed by atoms with Gasteiger partial charge in [-0.05, 0) is 68.6 Å². The fraction of sp³-hybridized carbons (Fsp3) is 0.435. The van der Waals surface area contributed by atoms with E-state index in [4.69, 9.17) is 4.52 Å². The average molecular weight is 455 g/mol. The monoisotopic (exact) mass is 454 g/mol. The Morgan fingerprint density at radius 2 is 2.06 bits per heavy atom. The van der Waals surface area contributed by atoms with Crippen LogP contribution in [-0.2, 0) is 6.54 Å². The number of carbonyl (C=O) groups is 1. The Morgan fingerprint density at radius 1 is 1.24 bits per heavy atom. The van der Waals surface area contributed by atoms with E-state index in [1.807, 2.05) is 0 Å². The first-order valence-electron chi connectivity index (χ1n) is 11.1. The molecule has 2 aromatic heterocycles. The molecular weight excluding hydrogens is 427 g/mol. The summed E-state index contributed by atoms with van der Waals surface area (Å²) < 4.78 is 19.4. The molecule has 0 bridgehead atoms. The Hall–Kier alpha value is -3.40. The van der Waals surface area contributed by atoms with E-state index < -0.39 is 5.91 Å². The molecule has 1 atom stereocenters. The Morgan fingerprint density at radius 3 is 2.85 bits per heavy atom. The lowest BCUT2D eigenvalue weighted by atomic mass is 10.0. The first-order chi connectivity index (χ1) is 16.0. The molecule has 0 aliphatic carbocycles. The molecule has 1 saturated heterocycles. The molecule has 0 spiro atoms. The summed E-state index contributed by atoms with van der Waals surface area (Å²) in [7, 11) is 0. The predicted octanol–water partition coefficient (Wildman–Crippen LogP) is 2.33. The van der Waals surface area contributed by atoms with Crippen LogP contribution in [0, 0.1) is 11.7 Å². The van der Waals surface area contributed by atoms with Crippen molar-refractivity contribution in [3.05, 3.63) is 64.3 Å². The van der Waals surface area contributed by atoms with Gasteiger partial charge in [-0.25, -0.2) is 9.07 Å². The SMILES string of the molecule is C[C@H]1CCCN(CCCNC(=O)c2nc(Cn3nc(-c4ccc(F)cc4)ccc3=O)no2)C1. The zero-order chi connectivity index (χ0) is 23.2. The third-order valence-corrected chi connectivity index (χ3v) is 5.64. The maximum absolute atomic E-state index is 13.2. The molecule has 1 amide bonds. The standard InChI is InChI=1S/C23H27FN6O3/c1-16-4-2-12-29(14-16)13-3-11-25-22(32)23-26-20(28-33-23)15-30-21(31)10-9-19(27-30)17-5-7-18(24)8-6-17/h5-10,16H,2-4,11-15H2,1H3,(H,25,32)/t16-/m0/s1. The molecule has 1 aliphatic rings. The second-order valence-electron chi connectivity index (χ2n) is 8.39. The van der Waals surface area contributed by atoms with Crippen LogP contribution >= 0.6 is 0 Å². The lowest BCUT2D eigenvalue weighted by Crippen LogP contribution is -2.36. The van der Waals surface area contributed by atoms with E-state index in [0.29, 0.717) is 17.8 Å². The quantitative estimate of drug-likeness (QED) is 0.521. The van der Waals surface area contributed by atoms with Crippen molar-refractivity contribution in [3.8, 4) is 11.3 Å². The fourth-order valence-corrected chi connectivity index (χ4v) is 3.95. The van der Waals surface area contributed by atoms with Crippen LogP contribution in [0.4, 0.5) is 4.39 Å². The molecule has 0 radical (unpaired) electrons. The highest BCUT2D eigenvalue weighted by Gasteiger charge is 2.18. The minimum absolute atomic E-state index is 0.0577. The zero-order valence-electron chi connectivity index (χ0n) is 18.5. The number of likely N-dealkylation sites (tertiary alicyclic amines) is 1. The van der Waals surface area contributed by atoms with Gasteiger partial charge in [-0.2, -0.15) is 10.1 Å². The highest BCUT2D eigenvalue weighted by molar-refractivity contribution is 5.89. The lowest BCUT2D eigenvalue weighted by molar-refractivity contribution is 0.0906. The van der Waals surface area contributed by atoms with Gasteiger partial charge in [0.25, 0.3) is 5.56 Å². The molecule has 1 N–H and O–H groups in total. The number of nitrogens with zero attached hydrogens (tertiary/aromatic N) is 5. The molecule has 9 nitrogen and oxygen atoms in total. The molecule has 3 heterocycles. The van der Waals surface area contributed by atoms with Gasteiger partial charge in [-0.1, -0.05) is 12.1 Å². The minimum Gasteiger partial charge on any atom is -0.348 e. The maximum atomic E-state index is 13.2. The van der Waals surface area contributed by atoms with Crippen molar-refractivity contribution >= 4 is 5.91 Å². The van der Waals surface area contributed by atoms with E-state index in [1.54, 1.807) is 18.2 Å². The highest BCUT2D eigenvalue weighted by Crippen LogP contribution is 2.16. The van der Waals surface area contributed by atoms with Crippen LogP contribution in [0.15, 0.2) is 45.7 Å². The summed E-state index contributed by atoms with van der Waals surface area (Å²) in [6, 6.07) is 8.73. The molecule has 1 aliphatic heterocycles. The Labute approximate surface area is 190 Å². The number of hydrogen-bond acceptors (Lipinski definition) is 7. The van der Waals surface area contributed by atoms with Gasteiger partial charge in [0.05, 0.1) is 5.69 Å². The van der Waals surface area contributed by atoms with Gasteiger partial charge in [-0.3, -0.25) is 9.59 Å².